The molecule has 0 radical (unpaired) electrons. The molecule has 2 amide bonds. The molecular formula is C28H38N2O4. The van der Waals surface area contributed by atoms with E-state index in [1.54, 1.807) is 12.0 Å². The molecule has 0 aromatic heterocycles. The van der Waals surface area contributed by atoms with Crippen molar-refractivity contribution in [1.82, 2.24) is 10.2 Å². The minimum absolute atomic E-state index is 0.0844. The van der Waals surface area contributed by atoms with Crippen molar-refractivity contribution >= 4 is 11.8 Å². The molecule has 184 valence electrons. The Balaban J connectivity index is 1.78. The van der Waals surface area contributed by atoms with E-state index in [4.69, 9.17) is 9.47 Å². The van der Waals surface area contributed by atoms with E-state index in [1.807, 2.05) is 55.5 Å². The molecule has 6 nitrogen and oxygen atoms in total. The molecule has 1 saturated carbocycles. The topological polar surface area (TPSA) is 67.9 Å². The Hall–Kier alpha value is -3.02. The maximum atomic E-state index is 13.5. The molecule has 1 atom stereocenters. The molecule has 3 rings (SSSR count). The molecule has 0 bridgehead atoms. The summed E-state index contributed by atoms with van der Waals surface area (Å²) in [4.78, 5) is 28.3. The third kappa shape index (κ3) is 6.75. The summed E-state index contributed by atoms with van der Waals surface area (Å²) in [5.74, 6) is 1.45. The number of para-hydroxylation sites is 1. The first kappa shape index (κ1) is 25.6. The fourth-order valence-corrected chi connectivity index (χ4v) is 4.53. The summed E-state index contributed by atoms with van der Waals surface area (Å²) in [6.45, 7) is 6.35. The van der Waals surface area contributed by atoms with Gasteiger partial charge in [0.25, 0.3) is 5.91 Å². The average molecular weight is 467 g/mol. The van der Waals surface area contributed by atoms with Crippen LogP contribution in [0.4, 0.5) is 0 Å². The molecule has 1 aliphatic rings. The van der Waals surface area contributed by atoms with Crippen LogP contribution in [-0.4, -0.2) is 42.5 Å². The van der Waals surface area contributed by atoms with Crippen LogP contribution in [0, 0.1) is 0 Å². The molecule has 34 heavy (non-hydrogen) atoms. The average Bonchev–Trinajstić information content (AvgIpc) is 3.36. The molecule has 0 unspecified atom stereocenters. The van der Waals surface area contributed by atoms with E-state index in [9.17, 15) is 9.59 Å². The molecule has 0 spiro atoms. The van der Waals surface area contributed by atoms with E-state index in [-0.39, 0.29) is 30.4 Å². The van der Waals surface area contributed by atoms with E-state index in [0.717, 1.165) is 42.6 Å². The molecule has 0 heterocycles. The second-order valence-corrected chi connectivity index (χ2v) is 9.26. The summed E-state index contributed by atoms with van der Waals surface area (Å²) in [5.41, 5.74) is 1.99. The molecule has 1 aliphatic carbocycles. The van der Waals surface area contributed by atoms with Crippen LogP contribution in [0.15, 0.2) is 48.5 Å². The second kappa shape index (κ2) is 12.4. The van der Waals surface area contributed by atoms with Gasteiger partial charge in [-0.2, -0.15) is 0 Å². The molecule has 2 aromatic rings. The van der Waals surface area contributed by atoms with Crippen LogP contribution < -0.4 is 14.8 Å². The third-order valence-corrected chi connectivity index (χ3v) is 6.49. The van der Waals surface area contributed by atoms with Crippen LogP contribution in [0.5, 0.6) is 11.5 Å². The molecule has 0 aliphatic heterocycles. The van der Waals surface area contributed by atoms with Crippen molar-refractivity contribution in [3.63, 3.8) is 0 Å². The Morgan fingerprint density at radius 1 is 1.06 bits per heavy atom. The largest absolute Gasteiger partial charge is 0.497 e. The minimum atomic E-state index is -0.556. The molecule has 0 saturated heterocycles. The second-order valence-electron chi connectivity index (χ2n) is 9.26. The lowest BCUT2D eigenvalue weighted by molar-refractivity contribution is -0.143. The summed E-state index contributed by atoms with van der Waals surface area (Å²) in [5, 5.41) is 3.17. The Labute approximate surface area is 203 Å². The standard InChI is InChI=1S/C28H38N2O4/c1-5-25(28(32)29-22-10-6-7-11-22)30(18-21-14-16-23(33-4)17-15-21)27(31)19-34-26-13-9-8-12-24(26)20(2)3/h8-9,12-17,20,22,25H,5-7,10-11,18-19H2,1-4H3,(H,29,32)/t25-/m0/s1. The first-order valence-electron chi connectivity index (χ1n) is 12.4. The van der Waals surface area contributed by atoms with Crippen molar-refractivity contribution in [2.24, 2.45) is 0 Å². The van der Waals surface area contributed by atoms with E-state index in [0.29, 0.717) is 18.7 Å². The Kier molecular flexibility index (Phi) is 9.37. The fraction of sp³-hybridized carbons (Fsp3) is 0.500. The highest BCUT2D eigenvalue weighted by Gasteiger charge is 2.31. The van der Waals surface area contributed by atoms with E-state index >= 15 is 0 Å². The highest BCUT2D eigenvalue weighted by Crippen LogP contribution is 2.26. The van der Waals surface area contributed by atoms with Gasteiger partial charge in [0.2, 0.25) is 5.91 Å². The fourth-order valence-electron chi connectivity index (χ4n) is 4.53. The number of carbonyl (C=O) groups excluding carboxylic acids is 2. The highest BCUT2D eigenvalue weighted by atomic mass is 16.5. The van der Waals surface area contributed by atoms with Gasteiger partial charge >= 0.3 is 0 Å². The Bertz CT molecular complexity index is 936. The predicted octanol–water partition coefficient (Wildman–Crippen LogP) is 5.06. The van der Waals surface area contributed by atoms with Crippen molar-refractivity contribution in [3.05, 3.63) is 59.7 Å². The van der Waals surface area contributed by atoms with Gasteiger partial charge in [0, 0.05) is 12.6 Å². The molecule has 2 aromatic carbocycles. The van der Waals surface area contributed by atoms with E-state index in [2.05, 4.69) is 19.2 Å². The first-order chi connectivity index (χ1) is 16.4. The van der Waals surface area contributed by atoms with Gasteiger partial charge in [-0.1, -0.05) is 63.9 Å². The van der Waals surface area contributed by atoms with Crippen molar-refractivity contribution in [2.75, 3.05) is 13.7 Å². The van der Waals surface area contributed by atoms with Gasteiger partial charge in [0.1, 0.15) is 17.5 Å². The van der Waals surface area contributed by atoms with Crippen molar-refractivity contribution in [2.45, 2.75) is 77.4 Å². The number of nitrogens with one attached hydrogen (secondary N) is 1. The van der Waals surface area contributed by atoms with Crippen molar-refractivity contribution < 1.29 is 19.1 Å². The summed E-state index contributed by atoms with van der Waals surface area (Å²) in [6, 6.07) is 15.0. The van der Waals surface area contributed by atoms with Gasteiger partial charge in [-0.25, -0.2) is 0 Å². The summed E-state index contributed by atoms with van der Waals surface area (Å²) < 4.78 is 11.2. The molecule has 1 fully saturated rings. The molecule has 6 heteroatoms. The van der Waals surface area contributed by atoms with Crippen molar-refractivity contribution in [1.29, 1.82) is 0 Å². The number of rotatable bonds is 11. The summed E-state index contributed by atoms with van der Waals surface area (Å²) in [6.07, 6.45) is 4.81. The number of amides is 2. The van der Waals surface area contributed by atoms with Crippen molar-refractivity contribution in [3.8, 4) is 11.5 Å². The predicted molar refractivity (Wildman–Crippen MR) is 134 cm³/mol. The van der Waals surface area contributed by atoms with Gasteiger partial charge in [0.05, 0.1) is 7.11 Å². The minimum Gasteiger partial charge on any atom is -0.497 e. The maximum Gasteiger partial charge on any atom is 0.261 e. The number of nitrogens with zero attached hydrogens (tertiary/aromatic N) is 1. The number of carbonyl (C=O) groups is 2. The summed E-state index contributed by atoms with van der Waals surface area (Å²) in [7, 11) is 1.62. The smallest absolute Gasteiger partial charge is 0.261 e. The maximum absolute atomic E-state index is 13.5. The number of benzene rings is 2. The quantitative estimate of drug-likeness (QED) is 0.502. The number of hydrogen-bond donors (Lipinski definition) is 1. The van der Waals surface area contributed by atoms with Crippen LogP contribution >= 0.6 is 0 Å². The lowest BCUT2D eigenvalue weighted by Crippen LogP contribution is -2.52. The van der Waals surface area contributed by atoms with Crippen LogP contribution in [0.25, 0.3) is 0 Å². The molecule has 1 N–H and O–H groups in total. The van der Waals surface area contributed by atoms with Gasteiger partial charge in [-0.05, 0) is 54.5 Å². The van der Waals surface area contributed by atoms with E-state index < -0.39 is 6.04 Å². The van der Waals surface area contributed by atoms with Crippen LogP contribution in [0.3, 0.4) is 0 Å². The van der Waals surface area contributed by atoms with Gasteiger partial charge in [0.15, 0.2) is 6.61 Å². The number of hydrogen-bond acceptors (Lipinski definition) is 4. The van der Waals surface area contributed by atoms with E-state index in [1.165, 1.54) is 0 Å². The number of ether oxygens (including phenoxy) is 2. The Morgan fingerprint density at radius 3 is 2.35 bits per heavy atom. The Morgan fingerprint density at radius 2 is 1.74 bits per heavy atom. The van der Waals surface area contributed by atoms with Crippen LogP contribution in [-0.2, 0) is 16.1 Å². The zero-order chi connectivity index (χ0) is 24.5. The lowest BCUT2D eigenvalue weighted by atomic mass is 10.0. The van der Waals surface area contributed by atoms with Gasteiger partial charge in [-0.3, -0.25) is 9.59 Å². The van der Waals surface area contributed by atoms with Gasteiger partial charge in [-0.15, -0.1) is 0 Å². The van der Waals surface area contributed by atoms with Gasteiger partial charge < -0.3 is 19.7 Å². The van der Waals surface area contributed by atoms with Crippen LogP contribution in [0.2, 0.25) is 0 Å². The monoisotopic (exact) mass is 466 g/mol. The SMILES string of the molecule is CC[C@@H](C(=O)NC1CCCC1)N(Cc1ccc(OC)cc1)C(=O)COc1ccccc1C(C)C. The molecular weight excluding hydrogens is 428 g/mol. The number of methoxy groups -OCH3 is 1. The lowest BCUT2D eigenvalue weighted by Gasteiger charge is -2.31. The zero-order valence-electron chi connectivity index (χ0n) is 20.9. The third-order valence-electron chi connectivity index (χ3n) is 6.49. The zero-order valence-corrected chi connectivity index (χ0v) is 20.9. The summed E-state index contributed by atoms with van der Waals surface area (Å²) >= 11 is 0. The normalized spacial score (nSPS) is 14.6. The van der Waals surface area contributed by atoms with Crippen LogP contribution in [0.1, 0.15) is 69.9 Å². The highest BCUT2D eigenvalue weighted by molar-refractivity contribution is 5.88. The first-order valence-corrected chi connectivity index (χ1v) is 12.4.